The average Bonchev–Trinajstić information content (AvgIpc) is 3.02. The van der Waals surface area contributed by atoms with E-state index in [0.29, 0.717) is 12.6 Å². The van der Waals surface area contributed by atoms with E-state index < -0.39 is 0 Å². The molecule has 1 saturated carbocycles. The van der Waals surface area contributed by atoms with Crippen LogP contribution in [0, 0.1) is 0 Å². The van der Waals surface area contributed by atoms with Gasteiger partial charge in [-0.1, -0.05) is 0 Å². The van der Waals surface area contributed by atoms with Crippen LogP contribution in [0.25, 0.3) is 0 Å². The molecule has 2 atom stereocenters. The molecule has 2 N–H and O–H groups in total. The largest absolute Gasteiger partial charge is 0.395 e. The summed E-state index contributed by atoms with van der Waals surface area (Å²) in [5.74, 6) is 0.121. The van der Waals surface area contributed by atoms with Gasteiger partial charge >= 0.3 is 0 Å². The van der Waals surface area contributed by atoms with Gasteiger partial charge in [0, 0.05) is 26.2 Å². The summed E-state index contributed by atoms with van der Waals surface area (Å²) in [6.45, 7) is 1.24. The number of aliphatic hydroxyl groups excluding tert-OH is 1. The summed E-state index contributed by atoms with van der Waals surface area (Å²) in [5, 5.41) is 12.1. The summed E-state index contributed by atoms with van der Waals surface area (Å²) in [6, 6.07) is 0.236. The first-order chi connectivity index (χ1) is 7.76. The number of rotatable bonds is 5. The number of carbonyl (C=O) groups is 1. The van der Waals surface area contributed by atoms with E-state index in [2.05, 4.69) is 5.32 Å². The molecule has 1 saturated heterocycles. The van der Waals surface area contributed by atoms with Gasteiger partial charge in [-0.15, -0.1) is 0 Å². The van der Waals surface area contributed by atoms with Crippen LogP contribution >= 0.6 is 0 Å². The first-order valence-corrected chi connectivity index (χ1v) is 5.93. The molecule has 0 aromatic rings. The molecule has 0 aromatic carbocycles. The lowest BCUT2D eigenvalue weighted by atomic mass is 10.1. The third-order valence-corrected chi connectivity index (χ3v) is 3.33. The lowest BCUT2D eigenvalue weighted by Crippen LogP contribution is -2.45. The van der Waals surface area contributed by atoms with Crippen molar-refractivity contribution in [2.75, 3.05) is 26.8 Å². The van der Waals surface area contributed by atoms with E-state index in [9.17, 15) is 4.79 Å². The summed E-state index contributed by atoms with van der Waals surface area (Å²) in [5.41, 5.74) is 0. The molecule has 1 amide bonds. The van der Waals surface area contributed by atoms with Crippen LogP contribution in [0.5, 0.6) is 0 Å². The van der Waals surface area contributed by atoms with E-state index in [-0.39, 0.29) is 24.7 Å². The van der Waals surface area contributed by atoms with Crippen LogP contribution in [0.1, 0.15) is 19.3 Å². The Morgan fingerprint density at radius 1 is 1.56 bits per heavy atom. The number of methoxy groups -OCH3 is 1. The molecule has 5 nitrogen and oxygen atoms in total. The van der Waals surface area contributed by atoms with Crippen molar-refractivity contribution in [2.24, 2.45) is 0 Å². The van der Waals surface area contributed by atoms with Gasteiger partial charge in [0.1, 0.15) is 0 Å². The number of amides is 1. The van der Waals surface area contributed by atoms with Gasteiger partial charge in [-0.25, -0.2) is 0 Å². The minimum absolute atomic E-state index is 0.0443. The lowest BCUT2D eigenvalue weighted by molar-refractivity contribution is -0.134. The third-order valence-electron chi connectivity index (χ3n) is 3.33. The molecular weight excluding hydrogens is 208 g/mol. The van der Waals surface area contributed by atoms with E-state index in [4.69, 9.17) is 9.84 Å². The minimum Gasteiger partial charge on any atom is -0.395 e. The molecule has 0 aromatic heterocycles. The topological polar surface area (TPSA) is 61.8 Å². The Morgan fingerprint density at radius 3 is 2.81 bits per heavy atom. The number of nitrogens with zero attached hydrogens (tertiary/aromatic N) is 1. The normalized spacial score (nSPS) is 29.4. The number of carbonyl (C=O) groups excluding carboxylic acids is 1. The van der Waals surface area contributed by atoms with Crippen molar-refractivity contribution in [3.05, 3.63) is 0 Å². The summed E-state index contributed by atoms with van der Waals surface area (Å²) >= 11 is 0. The van der Waals surface area contributed by atoms with Crippen molar-refractivity contribution < 1.29 is 14.6 Å². The first-order valence-electron chi connectivity index (χ1n) is 5.93. The van der Waals surface area contributed by atoms with Crippen LogP contribution in [0.3, 0.4) is 0 Å². The predicted molar refractivity (Wildman–Crippen MR) is 59.0 cm³/mol. The molecule has 0 spiro atoms. The van der Waals surface area contributed by atoms with Crippen LogP contribution in [-0.2, 0) is 9.53 Å². The smallest absolute Gasteiger partial charge is 0.240 e. The molecule has 2 fully saturated rings. The van der Waals surface area contributed by atoms with Crippen molar-refractivity contribution in [3.8, 4) is 0 Å². The molecule has 5 heteroatoms. The summed E-state index contributed by atoms with van der Waals surface area (Å²) in [4.78, 5) is 14.0. The maximum absolute atomic E-state index is 12.2. The number of nitrogens with one attached hydrogen (secondary N) is 1. The van der Waals surface area contributed by atoms with E-state index in [1.807, 2.05) is 4.90 Å². The van der Waals surface area contributed by atoms with Crippen molar-refractivity contribution in [3.63, 3.8) is 0 Å². The van der Waals surface area contributed by atoms with E-state index >= 15 is 0 Å². The monoisotopic (exact) mass is 228 g/mol. The predicted octanol–water partition coefficient (Wildman–Crippen LogP) is -0.653. The zero-order valence-electron chi connectivity index (χ0n) is 9.69. The fraction of sp³-hybridized carbons (Fsp3) is 0.909. The molecule has 1 aliphatic carbocycles. The molecule has 1 heterocycles. The number of hydrogen-bond acceptors (Lipinski definition) is 4. The maximum atomic E-state index is 12.2. The maximum Gasteiger partial charge on any atom is 0.240 e. The van der Waals surface area contributed by atoms with Crippen LogP contribution in [0.15, 0.2) is 0 Å². The zero-order chi connectivity index (χ0) is 11.5. The van der Waals surface area contributed by atoms with Gasteiger partial charge in [-0.2, -0.15) is 0 Å². The van der Waals surface area contributed by atoms with Gasteiger partial charge in [0.05, 0.1) is 18.8 Å². The molecule has 0 bridgehead atoms. The second-order valence-corrected chi connectivity index (χ2v) is 4.54. The zero-order valence-corrected chi connectivity index (χ0v) is 9.69. The van der Waals surface area contributed by atoms with Gasteiger partial charge in [0.25, 0.3) is 0 Å². The fourth-order valence-electron chi connectivity index (χ4n) is 2.24. The second kappa shape index (κ2) is 5.12. The molecule has 2 rings (SSSR count). The van der Waals surface area contributed by atoms with Crippen LogP contribution in [0.4, 0.5) is 0 Å². The third kappa shape index (κ3) is 2.53. The van der Waals surface area contributed by atoms with E-state index in [1.54, 1.807) is 7.11 Å². The fourth-order valence-corrected chi connectivity index (χ4v) is 2.24. The minimum atomic E-state index is -0.128. The van der Waals surface area contributed by atoms with Gasteiger partial charge in [0.2, 0.25) is 5.91 Å². The highest BCUT2D eigenvalue weighted by Gasteiger charge is 2.38. The van der Waals surface area contributed by atoms with Gasteiger partial charge in [-0.3, -0.25) is 4.79 Å². The Morgan fingerprint density at radius 2 is 2.31 bits per heavy atom. The number of aliphatic hydroxyl groups is 1. The summed E-state index contributed by atoms with van der Waals surface area (Å²) < 4.78 is 5.22. The van der Waals surface area contributed by atoms with Gasteiger partial charge in [-0.05, 0) is 19.3 Å². The summed E-state index contributed by atoms with van der Waals surface area (Å²) in [6.07, 6.45) is 3.03. The van der Waals surface area contributed by atoms with Crippen molar-refractivity contribution >= 4 is 5.91 Å². The van der Waals surface area contributed by atoms with Gasteiger partial charge < -0.3 is 20.1 Å². The van der Waals surface area contributed by atoms with E-state index in [0.717, 1.165) is 25.8 Å². The molecule has 16 heavy (non-hydrogen) atoms. The standard InChI is InChI=1S/C11H20N2O3/c1-16-9-6-10(12-7-9)11(15)13(4-5-14)8-2-3-8/h8-10,12,14H,2-7H2,1H3. The SMILES string of the molecule is COC1CNC(C(=O)N(CCO)C2CC2)C1. The lowest BCUT2D eigenvalue weighted by Gasteiger charge is -2.24. The number of hydrogen-bond donors (Lipinski definition) is 2. The molecule has 92 valence electrons. The summed E-state index contributed by atoms with van der Waals surface area (Å²) in [7, 11) is 1.67. The Kier molecular flexibility index (Phi) is 3.78. The Bertz CT molecular complexity index is 256. The Hall–Kier alpha value is -0.650. The molecule has 2 unspecified atom stereocenters. The molecule has 2 aliphatic rings. The highest BCUT2D eigenvalue weighted by molar-refractivity contribution is 5.83. The first kappa shape index (κ1) is 11.8. The van der Waals surface area contributed by atoms with Crippen LogP contribution in [-0.4, -0.2) is 60.9 Å². The highest BCUT2D eigenvalue weighted by atomic mass is 16.5. The Balaban J connectivity index is 1.89. The molecule has 0 radical (unpaired) electrons. The van der Waals surface area contributed by atoms with Gasteiger partial charge in [0.15, 0.2) is 0 Å². The van der Waals surface area contributed by atoms with Crippen LogP contribution in [0.2, 0.25) is 0 Å². The average molecular weight is 228 g/mol. The van der Waals surface area contributed by atoms with Crippen molar-refractivity contribution in [1.82, 2.24) is 10.2 Å². The van der Waals surface area contributed by atoms with Crippen LogP contribution < -0.4 is 5.32 Å². The molecular formula is C11H20N2O3. The highest BCUT2D eigenvalue weighted by Crippen LogP contribution is 2.28. The van der Waals surface area contributed by atoms with Crippen molar-refractivity contribution in [1.29, 1.82) is 0 Å². The molecule has 1 aliphatic heterocycles. The van der Waals surface area contributed by atoms with E-state index in [1.165, 1.54) is 0 Å². The number of ether oxygens (including phenoxy) is 1. The quantitative estimate of drug-likeness (QED) is 0.656. The second-order valence-electron chi connectivity index (χ2n) is 4.54. The van der Waals surface area contributed by atoms with Crippen molar-refractivity contribution in [2.45, 2.75) is 37.5 Å². The Labute approximate surface area is 95.8 Å².